The average Bonchev–Trinajstić information content (AvgIpc) is 2.55. The van der Waals surface area contributed by atoms with Crippen molar-refractivity contribution in [2.75, 3.05) is 13.7 Å². The van der Waals surface area contributed by atoms with Gasteiger partial charge in [-0.15, -0.1) is 0 Å². The fourth-order valence-corrected chi connectivity index (χ4v) is 2.55. The van der Waals surface area contributed by atoms with Gasteiger partial charge in [-0.05, 0) is 12.0 Å². The third-order valence-corrected chi connectivity index (χ3v) is 3.52. The van der Waals surface area contributed by atoms with E-state index in [1.54, 1.807) is 7.11 Å². The normalized spacial score (nSPS) is 11.0. The van der Waals surface area contributed by atoms with E-state index in [1.165, 1.54) is 12.4 Å². The molecule has 1 aromatic heterocycles. The topological polar surface area (TPSA) is 75.5 Å². The zero-order valence-electron chi connectivity index (χ0n) is 14.3. The number of carboxylic acid groups (broad SMARTS) is 1. The van der Waals surface area contributed by atoms with Crippen molar-refractivity contribution in [1.29, 1.82) is 0 Å². The molecule has 0 unspecified atom stereocenters. The average molecular weight is 329 g/mol. The predicted molar refractivity (Wildman–Crippen MR) is 90.9 cm³/mol. The second-order valence-corrected chi connectivity index (χ2v) is 6.07. The first-order chi connectivity index (χ1) is 11.5. The van der Waals surface area contributed by atoms with E-state index in [9.17, 15) is 4.79 Å². The third kappa shape index (κ3) is 5.03. The van der Waals surface area contributed by atoms with Crippen molar-refractivity contribution >= 4 is 5.97 Å². The van der Waals surface area contributed by atoms with E-state index in [0.717, 1.165) is 30.1 Å². The van der Waals surface area contributed by atoms with Gasteiger partial charge >= 0.3 is 5.97 Å². The summed E-state index contributed by atoms with van der Waals surface area (Å²) in [5, 5.41) is 8.90. The van der Waals surface area contributed by atoms with Crippen LogP contribution in [0, 0.1) is 5.92 Å². The lowest BCUT2D eigenvalue weighted by molar-refractivity contribution is 0.0690. The maximum Gasteiger partial charge on any atom is 0.356 e. The summed E-state index contributed by atoms with van der Waals surface area (Å²) in [7, 11) is 1.67. The summed E-state index contributed by atoms with van der Waals surface area (Å²) in [4.78, 5) is 21.3. The number of hydrogen-bond donors (Lipinski definition) is 1. The molecule has 24 heavy (non-hydrogen) atoms. The van der Waals surface area contributed by atoms with Gasteiger partial charge in [0.1, 0.15) is 5.75 Å². The highest BCUT2D eigenvalue weighted by atomic mass is 16.5. The van der Waals surface area contributed by atoms with Crippen molar-refractivity contribution in [1.82, 2.24) is 14.9 Å². The fourth-order valence-electron chi connectivity index (χ4n) is 2.55. The quantitative estimate of drug-likeness (QED) is 0.802. The van der Waals surface area contributed by atoms with E-state index in [2.05, 4.69) is 28.7 Å². The number of carbonyl (C=O) groups is 1. The van der Waals surface area contributed by atoms with Gasteiger partial charge in [-0.1, -0.05) is 32.0 Å². The fraction of sp³-hybridized carbons (Fsp3) is 0.389. The maximum absolute atomic E-state index is 10.9. The Bertz CT molecular complexity index is 671. The molecular formula is C18H23N3O3. The molecule has 0 bridgehead atoms. The lowest BCUT2D eigenvalue weighted by atomic mass is 10.1. The van der Waals surface area contributed by atoms with E-state index in [0.29, 0.717) is 12.5 Å². The van der Waals surface area contributed by atoms with Gasteiger partial charge in [0.2, 0.25) is 0 Å². The minimum Gasteiger partial charge on any atom is -0.496 e. The van der Waals surface area contributed by atoms with Crippen molar-refractivity contribution in [2.45, 2.75) is 26.9 Å². The zero-order valence-corrected chi connectivity index (χ0v) is 14.3. The number of aromatic carboxylic acids is 1. The highest BCUT2D eigenvalue weighted by Crippen LogP contribution is 2.20. The molecule has 1 N–H and O–H groups in total. The molecule has 0 spiro atoms. The molecule has 2 rings (SSSR count). The first kappa shape index (κ1) is 17.9. The summed E-state index contributed by atoms with van der Waals surface area (Å²) in [5.41, 5.74) is 1.81. The molecule has 6 nitrogen and oxygen atoms in total. The Kier molecular flexibility index (Phi) is 6.26. The van der Waals surface area contributed by atoms with Crippen LogP contribution in [0.4, 0.5) is 0 Å². The zero-order chi connectivity index (χ0) is 17.5. The third-order valence-electron chi connectivity index (χ3n) is 3.52. The van der Waals surface area contributed by atoms with Gasteiger partial charge in [-0.2, -0.15) is 0 Å². The summed E-state index contributed by atoms with van der Waals surface area (Å²) < 4.78 is 5.42. The summed E-state index contributed by atoms with van der Waals surface area (Å²) >= 11 is 0. The standard InChI is InChI=1S/C18H23N3O3/c1-13(2)10-21(11-14-6-4-5-7-17(14)24-3)12-15-8-20-16(9-19-15)18(22)23/h4-9,13H,10-12H2,1-3H3,(H,22,23). The Labute approximate surface area is 142 Å². The van der Waals surface area contributed by atoms with Crippen molar-refractivity contribution < 1.29 is 14.6 Å². The van der Waals surface area contributed by atoms with Crippen LogP contribution in [-0.4, -0.2) is 39.6 Å². The van der Waals surface area contributed by atoms with E-state index >= 15 is 0 Å². The molecule has 0 atom stereocenters. The monoisotopic (exact) mass is 329 g/mol. The molecule has 0 saturated carbocycles. The Morgan fingerprint density at radius 2 is 1.96 bits per heavy atom. The number of aromatic nitrogens is 2. The number of hydrogen-bond acceptors (Lipinski definition) is 5. The van der Waals surface area contributed by atoms with Crippen LogP contribution in [0.2, 0.25) is 0 Å². The van der Waals surface area contributed by atoms with Crippen LogP contribution in [0.25, 0.3) is 0 Å². The van der Waals surface area contributed by atoms with Crippen LogP contribution in [0.1, 0.15) is 35.6 Å². The number of nitrogens with zero attached hydrogens (tertiary/aromatic N) is 3. The van der Waals surface area contributed by atoms with Gasteiger partial charge in [0, 0.05) is 25.2 Å². The molecule has 0 aliphatic rings. The Morgan fingerprint density at radius 3 is 2.54 bits per heavy atom. The van der Waals surface area contributed by atoms with Gasteiger partial charge in [0.05, 0.1) is 25.2 Å². The van der Waals surface area contributed by atoms with E-state index in [4.69, 9.17) is 9.84 Å². The first-order valence-corrected chi connectivity index (χ1v) is 7.88. The van der Waals surface area contributed by atoms with Crippen LogP contribution in [-0.2, 0) is 13.1 Å². The molecule has 0 fully saturated rings. The molecule has 0 aliphatic carbocycles. The van der Waals surface area contributed by atoms with Crippen LogP contribution < -0.4 is 4.74 Å². The van der Waals surface area contributed by atoms with Crippen molar-refractivity contribution in [2.24, 2.45) is 5.92 Å². The highest BCUT2D eigenvalue weighted by molar-refractivity contribution is 5.84. The molecule has 128 valence electrons. The summed E-state index contributed by atoms with van der Waals surface area (Å²) in [5.74, 6) is 0.284. The van der Waals surface area contributed by atoms with Gasteiger partial charge in [-0.3, -0.25) is 9.88 Å². The second kappa shape index (κ2) is 8.40. The molecule has 0 amide bonds. The number of benzene rings is 1. The maximum atomic E-state index is 10.9. The summed E-state index contributed by atoms with van der Waals surface area (Å²) in [6, 6.07) is 7.94. The number of rotatable bonds is 8. The molecule has 1 aromatic carbocycles. The Hall–Kier alpha value is -2.47. The highest BCUT2D eigenvalue weighted by Gasteiger charge is 2.13. The van der Waals surface area contributed by atoms with E-state index < -0.39 is 5.97 Å². The number of methoxy groups -OCH3 is 1. The number of carboxylic acids is 1. The lowest BCUT2D eigenvalue weighted by Gasteiger charge is -2.24. The summed E-state index contributed by atoms with van der Waals surface area (Å²) in [6.07, 6.45) is 2.83. The molecule has 0 aliphatic heterocycles. The SMILES string of the molecule is COc1ccccc1CN(Cc1cnc(C(=O)O)cn1)CC(C)C. The van der Waals surface area contributed by atoms with Gasteiger partial charge in [-0.25, -0.2) is 9.78 Å². The largest absolute Gasteiger partial charge is 0.496 e. The van der Waals surface area contributed by atoms with Crippen molar-refractivity contribution in [3.63, 3.8) is 0 Å². The van der Waals surface area contributed by atoms with Crippen molar-refractivity contribution in [3.8, 4) is 5.75 Å². The van der Waals surface area contributed by atoms with Crippen LogP contribution in [0.5, 0.6) is 5.75 Å². The van der Waals surface area contributed by atoms with Gasteiger partial charge in [0.25, 0.3) is 0 Å². The molecule has 0 radical (unpaired) electrons. The minimum absolute atomic E-state index is 0.0427. The Morgan fingerprint density at radius 1 is 1.21 bits per heavy atom. The molecule has 6 heteroatoms. The Balaban J connectivity index is 2.14. The van der Waals surface area contributed by atoms with Gasteiger partial charge in [0.15, 0.2) is 5.69 Å². The van der Waals surface area contributed by atoms with Crippen molar-refractivity contribution in [3.05, 3.63) is 53.6 Å². The van der Waals surface area contributed by atoms with E-state index in [1.807, 2.05) is 24.3 Å². The first-order valence-electron chi connectivity index (χ1n) is 7.88. The molecular weight excluding hydrogens is 306 g/mol. The van der Waals surface area contributed by atoms with E-state index in [-0.39, 0.29) is 5.69 Å². The molecule has 2 aromatic rings. The summed E-state index contributed by atoms with van der Waals surface area (Å²) in [6.45, 7) is 6.54. The molecule has 0 saturated heterocycles. The number of ether oxygens (including phenoxy) is 1. The van der Waals surface area contributed by atoms with Gasteiger partial charge < -0.3 is 9.84 Å². The lowest BCUT2D eigenvalue weighted by Crippen LogP contribution is -2.27. The van der Waals surface area contributed by atoms with Crippen LogP contribution in [0.15, 0.2) is 36.7 Å². The van der Waals surface area contributed by atoms with Crippen LogP contribution in [0.3, 0.4) is 0 Å². The second-order valence-electron chi connectivity index (χ2n) is 6.07. The minimum atomic E-state index is -1.07. The predicted octanol–water partition coefficient (Wildman–Crippen LogP) is 2.84. The smallest absolute Gasteiger partial charge is 0.356 e. The molecule has 1 heterocycles. The number of para-hydroxylation sites is 1. The van der Waals surface area contributed by atoms with Crippen LogP contribution >= 0.6 is 0 Å².